The third kappa shape index (κ3) is 2.24. The molecular weight excluding hydrogens is 210 g/mol. The molecule has 0 aliphatic heterocycles. The maximum absolute atomic E-state index is 4.61. The fraction of sp³-hybridized carbons (Fsp3) is 0.357. The molecule has 1 N–H and O–H groups in total. The molecule has 0 amide bonds. The third-order valence-electron chi connectivity index (χ3n) is 3.03. The Kier molecular flexibility index (Phi) is 3.29. The molecule has 0 aliphatic carbocycles. The lowest BCUT2D eigenvalue weighted by molar-refractivity contribution is 0.796. The Bertz CT molecular complexity index is 526. The van der Waals surface area contributed by atoms with Gasteiger partial charge in [-0.1, -0.05) is 23.8 Å². The number of hydrogen-bond acceptors (Lipinski definition) is 2. The number of aromatic nitrogens is 2. The predicted molar refractivity (Wildman–Crippen MR) is 70.9 cm³/mol. The average Bonchev–Trinajstić information content (AvgIpc) is 2.55. The van der Waals surface area contributed by atoms with Gasteiger partial charge in [-0.3, -0.25) is 0 Å². The van der Waals surface area contributed by atoms with Crippen molar-refractivity contribution in [2.45, 2.75) is 20.4 Å². The molecule has 90 valence electrons. The van der Waals surface area contributed by atoms with E-state index in [9.17, 15) is 0 Å². The fourth-order valence-electron chi connectivity index (χ4n) is 2.12. The van der Waals surface area contributed by atoms with Crippen LogP contribution in [-0.4, -0.2) is 16.6 Å². The molecule has 1 aromatic carbocycles. The molecule has 1 heterocycles. The number of nitrogens with zero attached hydrogens (tertiary/aromatic N) is 2. The Morgan fingerprint density at radius 3 is 2.71 bits per heavy atom. The summed E-state index contributed by atoms with van der Waals surface area (Å²) in [4.78, 5) is 4.61. The largest absolute Gasteiger partial charge is 0.331 e. The van der Waals surface area contributed by atoms with Crippen molar-refractivity contribution in [3.05, 3.63) is 41.3 Å². The van der Waals surface area contributed by atoms with Crippen molar-refractivity contribution in [3.63, 3.8) is 0 Å². The highest BCUT2D eigenvalue weighted by molar-refractivity contribution is 5.63. The molecule has 0 atom stereocenters. The van der Waals surface area contributed by atoms with E-state index in [0.717, 1.165) is 18.1 Å². The molecule has 0 bridgehead atoms. The van der Waals surface area contributed by atoms with Gasteiger partial charge in [-0.2, -0.15) is 0 Å². The highest BCUT2D eigenvalue weighted by Crippen LogP contribution is 2.25. The van der Waals surface area contributed by atoms with Crippen LogP contribution < -0.4 is 5.32 Å². The van der Waals surface area contributed by atoms with Crippen LogP contribution in [-0.2, 0) is 13.6 Å². The van der Waals surface area contributed by atoms with E-state index < -0.39 is 0 Å². The van der Waals surface area contributed by atoms with Crippen molar-refractivity contribution >= 4 is 0 Å². The molecular formula is C14H19N3. The minimum atomic E-state index is 0.797. The predicted octanol–water partition coefficient (Wildman–Crippen LogP) is 2.42. The van der Waals surface area contributed by atoms with Crippen LogP contribution in [0.5, 0.6) is 0 Å². The molecule has 2 rings (SSSR count). The van der Waals surface area contributed by atoms with Crippen LogP contribution in [0.1, 0.15) is 17.1 Å². The van der Waals surface area contributed by atoms with Gasteiger partial charge in [-0.25, -0.2) is 4.98 Å². The maximum atomic E-state index is 4.61. The van der Waals surface area contributed by atoms with Gasteiger partial charge in [0.2, 0.25) is 0 Å². The van der Waals surface area contributed by atoms with Gasteiger partial charge in [0.1, 0.15) is 5.82 Å². The summed E-state index contributed by atoms with van der Waals surface area (Å²) in [6, 6.07) is 8.55. The fourth-order valence-corrected chi connectivity index (χ4v) is 2.12. The van der Waals surface area contributed by atoms with Crippen molar-refractivity contribution in [2.24, 2.45) is 7.05 Å². The third-order valence-corrected chi connectivity index (χ3v) is 3.03. The van der Waals surface area contributed by atoms with Crippen LogP contribution in [0.4, 0.5) is 0 Å². The van der Waals surface area contributed by atoms with Crippen LogP contribution in [0.2, 0.25) is 0 Å². The number of benzene rings is 1. The van der Waals surface area contributed by atoms with Gasteiger partial charge in [0.05, 0.1) is 11.4 Å². The normalized spacial score (nSPS) is 10.8. The second-order valence-electron chi connectivity index (χ2n) is 4.41. The first-order valence-electron chi connectivity index (χ1n) is 5.87. The first kappa shape index (κ1) is 11.9. The summed E-state index contributed by atoms with van der Waals surface area (Å²) < 4.78 is 2.15. The highest BCUT2D eigenvalue weighted by Gasteiger charge is 2.13. The van der Waals surface area contributed by atoms with Crippen molar-refractivity contribution < 1.29 is 0 Å². The zero-order valence-corrected chi connectivity index (χ0v) is 10.9. The van der Waals surface area contributed by atoms with Crippen molar-refractivity contribution in [2.75, 3.05) is 7.05 Å². The zero-order chi connectivity index (χ0) is 12.4. The van der Waals surface area contributed by atoms with Gasteiger partial charge in [0.25, 0.3) is 0 Å². The van der Waals surface area contributed by atoms with Crippen molar-refractivity contribution in [1.29, 1.82) is 0 Å². The second-order valence-corrected chi connectivity index (χ2v) is 4.41. The maximum Gasteiger partial charge on any atom is 0.106 e. The summed E-state index contributed by atoms with van der Waals surface area (Å²) in [5.74, 6) is 1.05. The molecule has 17 heavy (non-hydrogen) atoms. The lowest BCUT2D eigenvalue weighted by Crippen LogP contribution is -2.07. The molecule has 3 nitrogen and oxygen atoms in total. The number of imidazole rings is 1. The van der Waals surface area contributed by atoms with Gasteiger partial charge in [0, 0.05) is 19.2 Å². The van der Waals surface area contributed by atoms with E-state index in [1.54, 1.807) is 0 Å². The summed E-state index contributed by atoms with van der Waals surface area (Å²) in [7, 11) is 4.02. The molecule has 0 fully saturated rings. The van der Waals surface area contributed by atoms with E-state index in [0.29, 0.717) is 0 Å². The highest BCUT2D eigenvalue weighted by atomic mass is 15.1. The van der Waals surface area contributed by atoms with Crippen LogP contribution in [0.25, 0.3) is 11.3 Å². The Hall–Kier alpha value is -1.61. The Morgan fingerprint density at radius 2 is 2.06 bits per heavy atom. The van der Waals surface area contributed by atoms with Crippen LogP contribution in [0.3, 0.4) is 0 Å². The van der Waals surface area contributed by atoms with E-state index in [4.69, 9.17) is 0 Å². The SMILES string of the molecule is CNCc1nc(C)n(C)c1-c1cccc(C)c1. The lowest BCUT2D eigenvalue weighted by atomic mass is 10.1. The smallest absolute Gasteiger partial charge is 0.106 e. The molecule has 0 unspecified atom stereocenters. The van der Waals surface area contributed by atoms with Gasteiger partial charge in [-0.15, -0.1) is 0 Å². The lowest BCUT2D eigenvalue weighted by Gasteiger charge is -2.07. The molecule has 0 spiro atoms. The van der Waals surface area contributed by atoms with Crippen molar-refractivity contribution in [1.82, 2.24) is 14.9 Å². The Labute approximate surface area is 103 Å². The monoisotopic (exact) mass is 229 g/mol. The molecule has 1 aromatic heterocycles. The van der Waals surface area contributed by atoms with E-state index in [-0.39, 0.29) is 0 Å². The van der Waals surface area contributed by atoms with E-state index in [1.807, 2.05) is 14.0 Å². The minimum absolute atomic E-state index is 0.797. The average molecular weight is 229 g/mol. The summed E-state index contributed by atoms with van der Waals surface area (Å²) in [5.41, 5.74) is 4.83. The molecule has 3 heteroatoms. The zero-order valence-electron chi connectivity index (χ0n) is 10.9. The summed E-state index contributed by atoms with van der Waals surface area (Å²) in [5, 5.41) is 3.17. The number of aryl methyl sites for hydroxylation is 2. The quantitative estimate of drug-likeness (QED) is 0.876. The van der Waals surface area contributed by atoms with E-state index in [2.05, 4.69) is 53.1 Å². The first-order chi connectivity index (χ1) is 8.13. The van der Waals surface area contributed by atoms with Gasteiger partial charge < -0.3 is 9.88 Å². The first-order valence-corrected chi connectivity index (χ1v) is 5.87. The summed E-state index contributed by atoms with van der Waals surface area (Å²) in [6.07, 6.45) is 0. The summed E-state index contributed by atoms with van der Waals surface area (Å²) >= 11 is 0. The molecule has 0 aliphatic rings. The van der Waals surface area contributed by atoms with Gasteiger partial charge >= 0.3 is 0 Å². The summed E-state index contributed by atoms with van der Waals surface area (Å²) in [6.45, 7) is 4.95. The van der Waals surface area contributed by atoms with Crippen LogP contribution >= 0.6 is 0 Å². The minimum Gasteiger partial charge on any atom is -0.331 e. The topological polar surface area (TPSA) is 29.9 Å². The van der Waals surface area contributed by atoms with Crippen LogP contribution in [0, 0.1) is 13.8 Å². The van der Waals surface area contributed by atoms with Crippen molar-refractivity contribution in [3.8, 4) is 11.3 Å². The number of hydrogen-bond donors (Lipinski definition) is 1. The van der Waals surface area contributed by atoms with Gasteiger partial charge in [0.15, 0.2) is 0 Å². The second kappa shape index (κ2) is 4.72. The molecule has 0 saturated carbocycles. The molecule has 0 saturated heterocycles. The van der Waals surface area contributed by atoms with Gasteiger partial charge in [-0.05, 0) is 27.0 Å². The number of rotatable bonds is 3. The standard InChI is InChI=1S/C14H19N3/c1-10-6-5-7-12(8-10)14-13(9-15-3)16-11(2)17(14)4/h5-8,15H,9H2,1-4H3. The number of nitrogens with one attached hydrogen (secondary N) is 1. The molecule has 2 aromatic rings. The Morgan fingerprint density at radius 1 is 1.29 bits per heavy atom. The Balaban J connectivity index is 2.57. The molecule has 0 radical (unpaired) electrons. The van der Waals surface area contributed by atoms with E-state index >= 15 is 0 Å². The van der Waals surface area contributed by atoms with Crippen LogP contribution in [0.15, 0.2) is 24.3 Å². The van der Waals surface area contributed by atoms with E-state index in [1.165, 1.54) is 16.8 Å².